The van der Waals surface area contributed by atoms with Crippen molar-refractivity contribution in [3.05, 3.63) is 75.8 Å². The van der Waals surface area contributed by atoms with E-state index in [2.05, 4.69) is 20.5 Å². The van der Waals surface area contributed by atoms with Gasteiger partial charge >= 0.3 is 0 Å². The Morgan fingerprint density at radius 2 is 2.03 bits per heavy atom. The molecule has 0 saturated carbocycles. The molecule has 0 spiro atoms. The molecule has 3 heterocycles. The number of hydrogen-bond acceptors (Lipinski definition) is 5. The maximum Gasteiger partial charge on any atom is 0.256 e. The average molecular weight is 557 g/mol. The van der Waals surface area contributed by atoms with E-state index in [9.17, 15) is 18.0 Å². The molecule has 2 saturated heterocycles. The first kappa shape index (κ1) is 26.7. The van der Waals surface area contributed by atoms with Gasteiger partial charge in [-0.2, -0.15) is 0 Å². The lowest BCUT2D eigenvalue weighted by molar-refractivity contribution is -0.115. The number of likely N-dealkylation sites (tertiary alicyclic amines) is 1. The van der Waals surface area contributed by atoms with Crippen molar-refractivity contribution < 1.29 is 18.0 Å². The van der Waals surface area contributed by atoms with Crippen LogP contribution in [0.4, 0.5) is 0 Å². The molecular weight excluding hydrogens is 524 g/mol. The summed E-state index contributed by atoms with van der Waals surface area (Å²) in [6, 6.07) is 1.76. The number of aromatic amines is 1. The Morgan fingerprint density at radius 1 is 1.24 bits per heavy atom. The van der Waals surface area contributed by atoms with Crippen LogP contribution in [0, 0.1) is 6.92 Å². The zero-order chi connectivity index (χ0) is 26.9. The topological polar surface area (TPSA) is 111 Å². The molecule has 0 radical (unpaired) electrons. The van der Waals surface area contributed by atoms with Gasteiger partial charge in [-0.1, -0.05) is 30.4 Å². The maximum absolute atomic E-state index is 13.3. The standard InChI is InChI=1S/C28H33ClN4O4S/c1-18-13-24(27(34)30-9-12-33-10-2-3-11-33)26(31-18)16-23-22-15-21(7-8-25(22)32-28(23)35)38(36,37)17-19-5-4-6-20(29)14-19/h4-5,8,13-16,20-21,31H,2-3,6-7,9-12,17H2,1H3,(H,30,34)(H,32,35)/b23-16-. The van der Waals surface area contributed by atoms with Crippen molar-refractivity contribution in [3.8, 4) is 0 Å². The van der Waals surface area contributed by atoms with Gasteiger partial charge in [0.25, 0.3) is 11.8 Å². The SMILES string of the molecule is Cc1cc(C(=O)NCCN2CCCC2)c(/C=C2\C(=O)NC3=CCC(S(=O)(=O)CC4=CC(Cl)CC=C4)C=C32)[nH]1. The van der Waals surface area contributed by atoms with Gasteiger partial charge in [0, 0.05) is 30.1 Å². The number of nitrogens with zero attached hydrogens (tertiary/aromatic N) is 1. The molecule has 3 N–H and O–H groups in total. The van der Waals surface area contributed by atoms with Crippen LogP contribution in [-0.4, -0.2) is 72.7 Å². The summed E-state index contributed by atoms with van der Waals surface area (Å²) < 4.78 is 26.5. The summed E-state index contributed by atoms with van der Waals surface area (Å²) in [6.45, 7) is 5.34. The van der Waals surface area contributed by atoms with Gasteiger partial charge in [-0.15, -0.1) is 11.6 Å². The van der Waals surface area contributed by atoms with E-state index in [1.54, 1.807) is 30.4 Å². The number of carbonyl (C=O) groups is 2. The first-order chi connectivity index (χ1) is 18.2. The molecule has 8 nitrogen and oxygen atoms in total. The molecule has 2 amide bonds. The van der Waals surface area contributed by atoms with Crippen LogP contribution in [0.1, 0.15) is 47.4 Å². The van der Waals surface area contributed by atoms with Crippen LogP contribution < -0.4 is 10.6 Å². The molecule has 2 unspecified atom stereocenters. The molecular formula is C28H33ClN4O4S. The van der Waals surface area contributed by atoms with Crippen LogP contribution in [0.2, 0.25) is 0 Å². The number of alkyl halides is 1. The fourth-order valence-electron chi connectivity index (χ4n) is 5.37. The predicted molar refractivity (Wildman–Crippen MR) is 149 cm³/mol. The third kappa shape index (κ3) is 5.90. The monoisotopic (exact) mass is 556 g/mol. The van der Waals surface area contributed by atoms with E-state index in [1.165, 1.54) is 12.8 Å². The van der Waals surface area contributed by atoms with E-state index in [1.807, 2.05) is 19.1 Å². The number of nitrogens with one attached hydrogen (secondary N) is 3. The van der Waals surface area contributed by atoms with Gasteiger partial charge in [0.2, 0.25) is 0 Å². The minimum absolute atomic E-state index is 0.109. The summed E-state index contributed by atoms with van der Waals surface area (Å²) in [7, 11) is -3.54. The summed E-state index contributed by atoms with van der Waals surface area (Å²) in [6.07, 6.45) is 13.9. The number of aryl methyl sites for hydroxylation is 1. The van der Waals surface area contributed by atoms with Crippen molar-refractivity contribution in [2.45, 2.75) is 43.2 Å². The van der Waals surface area contributed by atoms with Crippen molar-refractivity contribution in [3.63, 3.8) is 0 Å². The number of fused-ring (bicyclic) bond motifs is 1. The minimum atomic E-state index is -3.54. The zero-order valence-electron chi connectivity index (χ0n) is 21.4. The lowest BCUT2D eigenvalue weighted by Crippen LogP contribution is -2.33. The van der Waals surface area contributed by atoms with Gasteiger partial charge in [-0.25, -0.2) is 8.42 Å². The number of allylic oxidation sites excluding steroid dienone is 5. The Bertz CT molecular complexity index is 1390. The Labute approximate surface area is 228 Å². The lowest BCUT2D eigenvalue weighted by Gasteiger charge is -2.19. The largest absolute Gasteiger partial charge is 0.358 e. The van der Waals surface area contributed by atoms with Gasteiger partial charge in [-0.3, -0.25) is 9.59 Å². The van der Waals surface area contributed by atoms with Crippen molar-refractivity contribution in [1.82, 2.24) is 20.5 Å². The molecule has 5 rings (SSSR count). The Morgan fingerprint density at radius 3 is 2.79 bits per heavy atom. The normalized spacial score (nSPS) is 24.6. The number of amides is 2. The van der Waals surface area contributed by atoms with E-state index >= 15 is 0 Å². The number of carbonyl (C=O) groups excluding carboxylic acids is 2. The van der Waals surface area contributed by atoms with E-state index in [0.29, 0.717) is 46.6 Å². The zero-order valence-corrected chi connectivity index (χ0v) is 23.0. The molecule has 10 heteroatoms. The van der Waals surface area contributed by atoms with Crippen LogP contribution in [0.25, 0.3) is 6.08 Å². The number of aromatic nitrogens is 1. The second-order valence-corrected chi connectivity index (χ2v) is 13.1. The van der Waals surface area contributed by atoms with Gasteiger partial charge in [0.15, 0.2) is 9.84 Å². The summed E-state index contributed by atoms with van der Waals surface area (Å²) in [5, 5.41) is 4.85. The third-order valence-corrected chi connectivity index (χ3v) is 9.62. The van der Waals surface area contributed by atoms with Crippen LogP contribution in [0.5, 0.6) is 0 Å². The number of hydrogen-bond donors (Lipinski definition) is 3. The van der Waals surface area contributed by atoms with Crippen molar-refractivity contribution in [1.29, 1.82) is 0 Å². The lowest BCUT2D eigenvalue weighted by atomic mass is 9.98. The highest BCUT2D eigenvalue weighted by Gasteiger charge is 2.35. The molecule has 2 atom stereocenters. The fraction of sp³-hybridized carbons (Fsp3) is 0.429. The Kier molecular flexibility index (Phi) is 7.79. The van der Waals surface area contributed by atoms with Crippen LogP contribution >= 0.6 is 11.6 Å². The fourth-order valence-corrected chi connectivity index (χ4v) is 7.24. The number of halogens is 1. The minimum Gasteiger partial charge on any atom is -0.358 e. The molecule has 0 bridgehead atoms. The quantitative estimate of drug-likeness (QED) is 0.336. The summed E-state index contributed by atoms with van der Waals surface area (Å²) in [4.78, 5) is 31.4. The summed E-state index contributed by atoms with van der Waals surface area (Å²) in [5.41, 5.74) is 3.93. The molecule has 4 aliphatic rings. The molecule has 2 aliphatic carbocycles. The molecule has 0 aromatic carbocycles. The second-order valence-electron chi connectivity index (χ2n) is 10.3. The predicted octanol–water partition coefficient (Wildman–Crippen LogP) is 3.15. The van der Waals surface area contributed by atoms with Crippen LogP contribution in [-0.2, 0) is 14.6 Å². The van der Waals surface area contributed by atoms with Gasteiger partial charge in [0.05, 0.1) is 33.2 Å². The molecule has 38 heavy (non-hydrogen) atoms. The third-order valence-electron chi connectivity index (χ3n) is 7.33. The summed E-state index contributed by atoms with van der Waals surface area (Å²) >= 11 is 6.17. The number of rotatable bonds is 8. The molecule has 1 aromatic rings. The van der Waals surface area contributed by atoms with Crippen molar-refractivity contribution >= 4 is 39.3 Å². The van der Waals surface area contributed by atoms with E-state index in [4.69, 9.17) is 11.6 Å². The van der Waals surface area contributed by atoms with Gasteiger partial charge in [-0.05, 0) is 63.4 Å². The Balaban J connectivity index is 1.36. The second kappa shape index (κ2) is 11.1. The Hall–Kier alpha value is -2.88. The van der Waals surface area contributed by atoms with Crippen LogP contribution in [0.15, 0.2) is 58.9 Å². The summed E-state index contributed by atoms with van der Waals surface area (Å²) in [5.74, 6) is -0.641. The smallest absolute Gasteiger partial charge is 0.256 e. The number of sulfone groups is 1. The van der Waals surface area contributed by atoms with E-state index in [-0.39, 0.29) is 29.4 Å². The molecule has 2 fully saturated rings. The van der Waals surface area contributed by atoms with Crippen molar-refractivity contribution in [2.24, 2.45) is 0 Å². The average Bonchev–Trinajstić information content (AvgIpc) is 3.58. The first-order valence-electron chi connectivity index (χ1n) is 13.1. The van der Waals surface area contributed by atoms with E-state index in [0.717, 1.165) is 25.3 Å². The highest BCUT2D eigenvalue weighted by atomic mass is 35.5. The van der Waals surface area contributed by atoms with Crippen molar-refractivity contribution in [2.75, 3.05) is 31.9 Å². The van der Waals surface area contributed by atoms with Crippen LogP contribution in [0.3, 0.4) is 0 Å². The molecule has 1 aromatic heterocycles. The highest BCUT2D eigenvalue weighted by molar-refractivity contribution is 7.92. The molecule has 2 aliphatic heterocycles. The first-order valence-corrected chi connectivity index (χ1v) is 15.2. The highest BCUT2D eigenvalue weighted by Crippen LogP contribution is 2.34. The van der Waals surface area contributed by atoms with E-state index < -0.39 is 15.1 Å². The van der Waals surface area contributed by atoms with Gasteiger partial charge < -0.3 is 20.5 Å². The molecule has 202 valence electrons. The number of H-pyrrole nitrogens is 1. The maximum atomic E-state index is 13.3. The van der Waals surface area contributed by atoms with Gasteiger partial charge in [0.1, 0.15) is 0 Å².